The van der Waals surface area contributed by atoms with Gasteiger partial charge in [-0.2, -0.15) is 0 Å². The number of hydrogen-bond acceptors (Lipinski definition) is 4. The molecule has 168 valence electrons. The topological polar surface area (TPSA) is 54.8 Å². The maximum atomic E-state index is 13.4. The van der Waals surface area contributed by atoms with Crippen LogP contribution >= 0.6 is 0 Å². The van der Waals surface area contributed by atoms with Gasteiger partial charge in [0.1, 0.15) is 11.5 Å². The normalized spacial score (nSPS) is 15.2. The predicted octanol–water partition coefficient (Wildman–Crippen LogP) is 4.09. The SMILES string of the molecule is CC(C)(C)C(=O)ON1CCN(C(=O)c2cc3ccccc3n2Cc2ccc(F)cc2)CC1. The van der Waals surface area contributed by atoms with Crippen molar-refractivity contribution < 1.29 is 18.8 Å². The lowest BCUT2D eigenvalue weighted by atomic mass is 9.98. The highest BCUT2D eigenvalue weighted by Crippen LogP contribution is 2.24. The minimum atomic E-state index is -0.575. The van der Waals surface area contributed by atoms with Gasteiger partial charge in [0.2, 0.25) is 0 Å². The lowest BCUT2D eigenvalue weighted by Gasteiger charge is -2.34. The van der Waals surface area contributed by atoms with Gasteiger partial charge in [0.15, 0.2) is 0 Å². The molecular formula is C25H28FN3O3. The Morgan fingerprint density at radius 1 is 0.969 bits per heavy atom. The highest BCUT2D eigenvalue weighted by atomic mass is 19.1. The molecule has 1 amide bonds. The van der Waals surface area contributed by atoms with Crippen LogP contribution in [0.5, 0.6) is 0 Å². The number of benzene rings is 2. The third kappa shape index (κ3) is 4.67. The average molecular weight is 438 g/mol. The molecule has 0 radical (unpaired) electrons. The summed E-state index contributed by atoms with van der Waals surface area (Å²) in [5.41, 5.74) is 1.89. The van der Waals surface area contributed by atoms with Crippen molar-refractivity contribution in [2.24, 2.45) is 5.41 Å². The molecule has 0 saturated carbocycles. The first-order valence-corrected chi connectivity index (χ1v) is 10.8. The van der Waals surface area contributed by atoms with E-state index in [4.69, 9.17) is 4.84 Å². The second-order valence-corrected chi connectivity index (χ2v) is 9.15. The Hall–Kier alpha value is -3.19. The maximum Gasteiger partial charge on any atom is 0.330 e. The zero-order valence-corrected chi connectivity index (χ0v) is 18.7. The van der Waals surface area contributed by atoms with E-state index in [1.165, 1.54) is 12.1 Å². The van der Waals surface area contributed by atoms with Crippen LogP contribution in [0.25, 0.3) is 10.9 Å². The molecular weight excluding hydrogens is 409 g/mol. The molecule has 0 unspecified atom stereocenters. The Morgan fingerprint density at radius 3 is 2.28 bits per heavy atom. The van der Waals surface area contributed by atoms with Gasteiger partial charge in [-0.15, -0.1) is 5.06 Å². The number of carbonyl (C=O) groups excluding carboxylic acids is 2. The van der Waals surface area contributed by atoms with Crippen LogP contribution in [0.2, 0.25) is 0 Å². The van der Waals surface area contributed by atoms with Gasteiger partial charge in [0, 0.05) is 30.5 Å². The largest absolute Gasteiger partial charge is 0.367 e. The Labute approximate surface area is 187 Å². The molecule has 0 spiro atoms. The number of hydrogen-bond donors (Lipinski definition) is 0. The van der Waals surface area contributed by atoms with E-state index in [0.29, 0.717) is 38.4 Å². The van der Waals surface area contributed by atoms with Gasteiger partial charge < -0.3 is 14.3 Å². The minimum Gasteiger partial charge on any atom is -0.367 e. The highest BCUT2D eigenvalue weighted by Gasteiger charge is 2.30. The molecule has 1 saturated heterocycles. The number of hydroxylamine groups is 2. The number of para-hydroxylation sites is 1. The van der Waals surface area contributed by atoms with Crippen molar-refractivity contribution in [2.75, 3.05) is 26.2 Å². The molecule has 3 aromatic rings. The summed E-state index contributed by atoms with van der Waals surface area (Å²) in [6, 6.07) is 16.1. The molecule has 32 heavy (non-hydrogen) atoms. The van der Waals surface area contributed by atoms with Gasteiger partial charge in [-0.05, 0) is 50.6 Å². The lowest BCUT2D eigenvalue weighted by Crippen LogP contribution is -2.50. The zero-order chi connectivity index (χ0) is 22.9. The second-order valence-electron chi connectivity index (χ2n) is 9.15. The summed E-state index contributed by atoms with van der Waals surface area (Å²) in [7, 11) is 0. The van der Waals surface area contributed by atoms with E-state index in [2.05, 4.69) is 0 Å². The Bertz CT molecular complexity index is 1120. The van der Waals surface area contributed by atoms with Gasteiger partial charge in [0.25, 0.3) is 5.91 Å². The first-order chi connectivity index (χ1) is 15.2. The molecule has 1 aliphatic heterocycles. The molecule has 1 fully saturated rings. The van der Waals surface area contributed by atoms with Gasteiger partial charge in [-0.3, -0.25) is 4.79 Å². The molecule has 2 aromatic carbocycles. The number of fused-ring (bicyclic) bond motifs is 1. The molecule has 0 N–H and O–H groups in total. The van der Waals surface area contributed by atoms with Crippen LogP contribution in [0.4, 0.5) is 4.39 Å². The van der Waals surface area contributed by atoms with E-state index >= 15 is 0 Å². The molecule has 0 atom stereocenters. The van der Waals surface area contributed by atoms with Crippen molar-refractivity contribution in [3.8, 4) is 0 Å². The standard InChI is InChI=1S/C25H28FN3O3/c1-25(2,3)24(31)32-28-14-12-27(13-15-28)23(30)22-16-19-6-4-5-7-21(19)29(22)17-18-8-10-20(26)11-9-18/h4-11,16H,12-15,17H2,1-3H3. The van der Waals surface area contributed by atoms with Crippen LogP contribution in [-0.4, -0.2) is 52.6 Å². The summed E-state index contributed by atoms with van der Waals surface area (Å²) < 4.78 is 15.3. The van der Waals surface area contributed by atoms with Crippen LogP contribution in [0.15, 0.2) is 54.6 Å². The molecule has 7 heteroatoms. The van der Waals surface area contributed by atoms with Crippen LogP contribution in [0.1, 0.15) is 36.8 Å². The van der Waals surface area contributed by atoms with E-state index < -0.39 is 5.41 Å². The minimum absolute atomic E-state index is 0.0647. The summed E-state index contributed by atoms with van der Waals surface area (Å²) >= 11 is 0. The quantitative estimate of drug-likeness (QED) is 0.617. The number of aromatic nitrogens is 1. The summed E-state index contributed by atoms with van der Waals surface area (Å²) in [4.78, 5) is 32.8. The first kappa shape index (κ1) is 22.0. The molecule has 0 bridgehead atoms. The Balaban J connectivity index is 1.53. The van der Waals surface area contributed by atoms with Crippen LogP contribution in [0, 0.1) is 11.2 Å². The zero-order valence-electron chi connectivity index (χ0n) is 18.7. The summed E-state index contributed by atoms with van der Waals surface area (Å²) in [5, 5.41) is 2.61. The van der Waals surface area contributed by atoms with Crippen molar-refractivity contribution in [3.63, 3.8) is 0 Å². The number of nitrogens with zero attached hydrogens (tertiary/aromatic N) is 3. The average Bonchev–Trinajstić information content (AvgIpc) is 3.13. The van der Waals surface area contributed by atoms with E-state index in [9.17, 15) is 14.0 Å². The third-order valence-electron chi connectivity index (χ3n) is 5.63. The van der Waals surface area contributed by atoms with Crippen molar-refractivity contribution >= 4 is 22.8 Å². The fourth-order valence-electron chi connectivity index (χ4n) is 3.73. The van der Waals surface area contributed by atoms with Gasteiger partial charge in [-0.25, -0.2) is 9.18 Å². The number of rotatable bonds is 4. The molecule has 4 rings (SSSR count). The molecule has 1 aliphatic rings. The first-order valence-electron chi connectivity index (χ1n) is 10.8. The highest BCUT2D eigenvalue weighted by molar-refractivity contribution is 5.99. The van der Waals surface area contributed by atoms with E-state index in [1.54, 1.807) is 22.1 Å². The van der Waals surface area contributed by atoms with Crippen molar-refractivity contribution in [1.29, 1.82) is 0 Å². The molecule has 2 heterocycles. The number of amides is 1. The Kier molecular flexibility index (Phi) is 6.02. The van der Waals surface area contributed by atoms with Gasteiger partial charge in [-0.1, -0.05) is 30.3 Å². The second kappa shape index (κ2) is 8.74. The van der Waals surface area contributed by atoms with Crippen LogP contribution in [-0.2, 0) is 16.2 Å². The predicted molar refractivity (Wildman–Crippen MR) is 120 cm³/mol. The fraction of sp³-hybridized carbons (Fsp3) is 0.360. The fourth-order valence-corrected chi connectivity index (χ4v) is 3.73. The number of piperazine rings is 1. The van der Waals surface area contributed by atoms with Crippen LogP contribution in [0.3, 0.4) is 0 Å². The lowest BCUT2D eigenvalue weighted by molar-refractivity contribution is -0.205. The number of carbonyl (C=O) groups is 2. The molecule has 1 aromatic heterocycles. The van der Waals surface area contributed by atoms with Crippen molar-refractivity contribution in [1.82, 2.24) is 14.5 Å². The summed E-state index contributed by atoms with van der Waals surface area (Å²) in [6.07, 6.45) is 0. The van der Waals surface area contributed by atoms with Crippen molar-refractivity contribution in [3.05, 3.63) is 71.7 Å². The van der Waals surface area contributed by atoms with Gasteiger partial charge in [0.05, 0.1) is 18.5 Å². The summed E-state index contributed by atoms with van der Waals surface area (Å²) in [5.74, 6) is -0.630. The monoisotopic (exact) mass is 437 g/mol. The van der Waals surface area contributed by atoms with Crippen LogP contribution < -0.4 is 0 Å². The molecule has 6 nitrogen and oxygen atoms in total. The van der Waals surface area contributed by atoms with E-state index in [1.807, 2.05) is 55.7 Å². The smallest absolute Gasteiger partial charge is 0.330 e. The van der Waals surface area contributed by atoms with Gasteiger partial charge >= 0.3 is 5.97 Å². The van der Waals surface area contributed by atoms with E-state index in [-0.39, 0.29) is 17.7 Å². The molecule has 0 aliphatic carbocycles. The van der Waals surface area contributed by atoms with E-state index in [0.717, 1.165) is 16.5 Å². The van der Waals surface area contributed by atoms with Crippen molar-refractivity contribution in [2.45, 2.75) is 27.3 Å². The third-order valence-corrected chi connectivity index (χ3v) is 5.63. The number of halogens is 1. The maximum absolute atomic E-state index is 13.4. The Morgan fingerprint density at radius 2 is 1.62 bits per heavy atom. The summed E-state index contributed by atoms with van der Waals surface area (Å²) in [6.45, 7) is 7.78.